The molecule has 1 aliphatic heterocycles. The Labute approximate surface area is 139 Å². The van der Waals surface area contributed by atoms with Crippen molar-refractivity contribution < 1.29 is 19.4 Å². The Morgan fingerprint density at radius 3 is 2.88 bits per heavy atom. The van der Waals surface area contributed by atoms with Crippen molar-refractivity contribution in [1.82, 2.24) is 14.9 Å². The summed E-state index contributed by atoms with van der Waals surface area (Å²) in [6.45, 7) is 2.46. The normalized spacial score (nSPS) is 17.1. The Kier molecular flexibility index (Phi) is 4.24. The lowest BCUT2D eigenvalue weighted by atomic mass is 10.1. The molecule has 0 spiro atoms. The molecule has 1 saturated heterocycles. The van der Waals surface area contributed by atoms with Gasteiger partial charge in [0, 0.05) is 24.3 Å². The number of nitrogens with zero attached hydrogens (tertiary/aromatic N) is 2. The van der Waals surface area contributed by atoms with Gasteiger partial charge in [0.1, 0.15) is 17.3 Å². The zero-order chi connectivity index (χ0) is 17.3. The molecule has 1 aromatic heterocycles. The van der Waals surface area contributed by atoms with Crippen molar-refractivity contribution >= 4 is 11.9 Å². The number of imidazole rings is 1. The van der Waals surface area contributed by atoms with Crippen molar-refractivity contribution in [2.24, 2.45) is 5.92 Å². The van der Waals surface area contributed by atoms with Crippen LogP contribution in [0, 0.1) is 12.8 Å². The van der Waals surface area contributed by atoms with Crippen LogP contribution in [-0.4, -0.2) is 52.1 Å². The Bertz CT molecular complexity index is 784. The Hall–Kier alpha value is -2.83. The number of aryl methyl sites for hydroxylation is 1. The van der Waals surface area contributed by atoms with E-state index in [1.807, 2.05) is 24.3 Å². The zero-order valence-corrected chi connectivity index (χ0v) is 13.6. The van der Waals surface area contributed by atoms with Gasteiger partial charge in [-0.15, -0.1) is 0 Å². The summed E-state index contributed by atoms with van der Waals surface area (Å²) in [5.41, 5.74) is 1.82. The quantitative estimate of drug-likeness (QED) is 0.894. The van der Waals surface area contributed by atoms with E-state index >= 15 is 0 Å². The van der Waals surface area contributed by atoms with Gasteiger partial charge in [0.15, 0.2) is 0 Å². The molecule has 0 bridgehead atoms. The second kappa shape index (κ2) is 6.35. The molecule has 1 unspecified atom stereocenters. The first kappa shape index (κ1) is 16.0. The van der Waals surface area contributed by atoms with Crippen LogP contribution in [0.25, 0.3) is 11.4 Å². The maximum Gasteiger partial charge on any atom is 0.308 e. The molecule has 1 aliphatic rings. The molecule has 2 heterocycles. The highest BCUT2D eigenvalue weighted by molar-refractivity contribution is 5.94. The van der Waals surface area contributed by atoms with Gasteiger partial charge < -0.3 is 19.7 Å². The molecule has 1 aromatic carbocycles. The summed E-state index contributed by atoms with van der Waals surface area (Å²) in [7, 11) is 1.59. The molecule has 0 radical (unpaired) electrons. The van der Waals surface area contributed by atoms with Crippen LogP contribution in [0.15, 0.2) is 24.3 Å². The molecule has 2 aromatic rings. The highest BCUT2D eigenvalue weighted by Crippen LogP contribution is 2.24. The summed E-state index contributed by atoms with van der Waals surface area (Å²) < 4.78 is 5.20. The first-order valence-electron chi connectivity index (χ1n) is 7.72. The summed E-state index contributed by atoms with van der Waals surface area (Å²) >= 11 is 0. The Morgan fingerprint density at radius 1 is 1.42 bits per heavy atom. The van der Waals surface area contributed by atoms with Crippen molar-refractivity contribution in [3.63, 3.8) is 0 Å². The maximum atomic E-state index is 12.6. The predicted octanol–water partition coefficient (Wildman–Crippen LogP) is 1.94. The van der Waals surface area contributed by atoms with Gasteiger partial charge in [-0.1, -0.05) is 12.1 Å². The van der Waals surface area contributed by atoms with Crippen molar-refractivity contribution in [3.8, 4) is 17.1 Å². The van der Waals surface area contributed by atoms with Gasteiger partial charge in [0.05, 0.1) is 13.0 Å². The Balaban J connectivity index is 1.84. The number of methoxy groups -OCH3 is 1. The predicted molar refractivity (Wildman–Crippen MR) is 87.0 cm³/mol. The van der Waals surface area contributed by atoms with E-state index in [4.69, 9.17) is 9.84 Å². The maximum absolute atomic E-state index is 12.6. The molecule has 24 heavy (non-hydrogen) atoms. The van der Waals surface area contributed by atoms with Crippen LogP contribution in [0.3, 0.4) is 0 Å². The molecule has 0 saturated carbocycles. The molecule has 2 N–H and O–H groups in total. The van der Waals surface area contributed by atoms with Crippen LogP contribution in [0.5, 0.6) is 5.75 Å². The number of ether oxygens (including phenoxy) is 1. The third-order valence-electron chi connectivity index (χ3n) is 4.26. The van der Waals surface area contributed by atoms with Crippen LogP contribution < -0.4 is 4.74 Å². The lowest BCUT2D eigenvalue weighted by Gasteiger charge is -2.14. The van der Waals surface area contributed by atoms with E-state index in [1.165, 1.54) is 0 Å². The van der Waals surface area contributed by atoms with Crippen LogP contribution in [0.1, 0.15) is 22.6 Å². The number of aromatic amines is 1. The largest absolute Gasteiger partial charge is 0.497 e. The number of rotatable bonds is 4. The number of amides is 1. The van der Waals surface area contributed by atoms with Gasteiger partial charge >= 0.3 is 5.97 Å². The molecule has 1 amide bonds. The molecule has 7 nitrogen and oxygen atoms in total. The van der Waals surface area contributed by atoms with Crippen molar-refractivity contribution in [2.75, 3.05) is 20.2 Å². The molecule has 126 valence electrons. The van der Waals surface area contributed by atoms with Crippen molar-refractivity contribution in [2.45, 2.75) is 13.3 Å². The lowest BCUT2D eigenvalue weighted by molar-refractivity contribution is -0.141. The highest BCUT2D eigenvalue weighted by Gasteiger charge is 2.32. The van der Waals surface area contributed by atoms with Gasteiger partial charge in [0.25, 0.3) is 5.91 Å². The zero-order valence-electron chi connectivity index (χ0n) is 13.6. The second-order valence-corrected chi connectivity index (χ2v) is 5.87. The summed E-state index contributed by atoms with van der Waals surface area (Å²) in [4.78, 5) is 32.8. The van der Waals surface area contributed by atoms with E-state index in [1.54, 1.807) is 18.9 Å². The Morgan fingerprint density at radius 2 is 2.21 bits per heavy atom. The fourth-order valence-electron chi connectivity index (χ4n) is 2.87. The number of hydrogen-bond acceptors (Lipinski definition) is 4. The molecule has 1 atom stereocenters. The smallest absolute Gasteiger partial charge is 0.308 e. The van der Waals surface area contributed by atoms with E-state index in [0.29, 0.717) is 35.9 Å². The molecule has 0 aliphatic carbocycles. The minimum absolute atomic E-state index is 0.231. The van der Waals surface area contributed by atoms with Crippen LogP contribution >= 0.6 is 0 Å². The lowest BCUT2D eigenvalue weighted by Crippen LogP contribution is -2.30. The summed E-state index contributed by atoms with van der Waals surface area (Å²) in [5, 5.41) is 9.07. The number of carbonyl (C=O) groups excluding carboxylic acids is 1. The van der Waals surface area contributed by atoms with Crippen molar-refractivity contribution in [3.05, 3.63) is 35.7 Å². The van der Waals surface area contributed by atoms with Gasteiger partial charge in [-0.05, 0) is 25.5 Å². The third-order valence-corrected chi connectivity index (χ3v) is 4.26. The van der Waals surface area contributed by atoms with E-state index in [2.05, 4.69) is 9.97 Å². The molecule has 1 fully saturated rings. The van der Waals surface area contributed by atoms with Gasteiger partial charge in [-0.25, -0.2) is 4.98 Å². The summed E-state index contributed by atoms with van der Waals surface area (Å²) in [6, 6.07) is 7.40. The van der Waals surface area contributed by atoms with Gasteiger partial charge in [-0.2, -0.15) is 0 Å². The van der Waals surface area contributed by atoms with Crippen LogP contribution in [0.2, 0.25) is 0 Å². The molecular formula is C17H19N3O4. The number of carboxylic acid groups (broad SMARTS) is 1. The number of benzene rings is 1. The number of hydrogen-bond donors (Lipinski definition) is 2. The molecule has 3 rings (SSSR count). The van der Waals surface area contributed by atoms with E-state index in [0.717, 1.165) is 5.56 Å². The van der Waals surface area contributed by atoms with Gasteiger partial charge in [-0.3, -0.25) is 9.59 Å². The van der Waals surface area contributed by atoms with E-state index < -0.39 is 11.9 Å². The number of nitrogens with one attached hydrogen (secondary N) is 1. The number of carboxylic acids is 1. The molecule has 7 heteroatoms. The second-order valence-electron chi connectivity index (χ2n) is 5.87. The first-order valence-corrected chi connectivity index (χ1v) is 7.72. The SMILES string of the molecule is COc1cccc(-c2nc(C(=O)N3CCC(C(=O)O)C3)c(C)[nH]2)c1. The third kappa shape index (κ3) is 2.97. The van der Waals surface area contributed by atoms with E-state index in [9.17, 15) is 9.59 Å². The highest BCUT2D eigenvalue weighted by atomic mass is 16.5. The number of carbonyl (C=O) groups is 2. The minimum Gasteiger partial charge on any atom is -0.497 e. The minimum atomic E-state index is -0.860. The number of aliphatic carboxylic acids is 1. The van der Waals surface area contributed by atoms with Crippen LogP contribution in [0.4, 0.5) is 0 Å². The monoisotopic (exact) mass is 329 g/mol. The number of H-pyrrole nitrogens is 1. The standard InChI is InChI=1S/C17H19N3O4/c1-10-14(16(21)20-7-6-12(9-20)17(22)23)19-15(18-10)11-4-3-5-13(8-11)24-2/h3-5,8,12H,6-7,9H2,1-2H3,(H,18,19)(H,22,23). The first-order chi connectivity index (χ1) is 11.5. The fourth-order valence-corrected chi connectivity index (χ4v) is 2.87. The fraction of sp³-hybridized carbons (Fsp3) is 0.353. The summed E-state index contributed by atoms with van der Waals surface area (Å²) in [5.74, 6) is -0.296. The van der Waals surface area contributed by atoms with E-state index in [-0.39, 0.29) is 12.5 Å². The average Bonchev–Trinajstić information content (AvgIpc) is 3.21. The van der Waals surface area contributed by atoms with Crippen LogP contribution in [-0.2, 0) is 4.79 Å². The number of aromatic nitrogens is 2. The average molecular weight is 329 g/mol. The number of likely N-dealkylation sites (tertiary alicyclic amines) is 1. The van der Waals surface area contributed by atoms with Gasteiger partial charge in [0.2, 0.25) is 0 Å². The molecular weight excluding hydrogens is 310 g/mol. The summed E-state index contributed by atoms with van der Waals surface area (Å²) in [6.07, 6.45) is 0.479. The van der Waals surface area contributed by atoms with Crippen molar-refractivity contribution in [1.29, 1.82) is 0 Å². The topological polar surface area (TPSA) is 95.5 Å².